The van der Waals surface area contributed by atoms with E-state index in [0.717, 1.165) is 42.5 Å². The van der Waals surface area contributed by atoms with Crippen LogP contribution in [0.4, 0.5) is 5.69 Å². The van der Waals surface area contributed by atoms with Crippen molar-refractivity contribution in [3.63, 3.8) is 0 Å². The number of carbonyl (C=O) groups is 2. The number of amides is 1. The van der Waals surface area contributed by atoms with Crippen LogP contribution < -0.4 is 4.90 Å². The second kappa shape index (κ2) is 6.19. The first-order valence-electron chi connectivity index (χ1n) is 6.37. The number of anilines is 1. The van der Waals surface area contributed by atoms with E-state index >= 15 is 0 Å². The molecule has 1 aromatic carbocycles. The summed E-state index contributed by atoms with van der Waals surface area (Å²) in [5.74, 6) is 0.119. The molecule has 0 bridgehead atoms. The van der Waals surface area contributed by atoms with Crippen molar-refractivity contribution in [1.82, 2.24) is 4.90 Å². The van der Waals surface area contributed by atoms with Crippen molar-refractivity contribution < 1.29 is 9.59 Å². The van der Waals surface area contributed by atoms with E-state index < -0.39 is 0 Å². The molecule has 19 heavy (non-hydrogen) atoms. The first kappa shape index (κ1) is 14.1. The van der Waals surface area contributed by atoms with Gasteiger partial charge in [0, 0.05) is 48.8 Å². The summed E-state index contributed by atoms with van der Waals surface area (Å²) in [6.07, 6.45) is 1.81. The van der Waals surface area contributed by atoms with Gasteiger partial charge in [0.2, 0.25) is 5.91 Å². The number of nitrogens with zero attached hydrogens (tertiary/aromatic N) is 2. The summed E-state index contributed by atoms with van der Waals surface area (Å²) in [5, 5.41) is 0. The molecule has 1 heterocycles. The summed E-state index contributed by atoms with van der Waals surface area (Å²) in [6.45, 7) is 4.74. The van der Waals surface area contributed by atoms with Gasteiger partial charge in [0.05, 0.1) is 0 Å². The number of benzene rings is 1. The molecule has 0 aromatic heterocycles. The van der Waals surface area contributed by atoms with Gasteiger partial charge in [-0.2, -0.15) is 0 Å². The highest BCUT2D eigenvalue weighted by Crippen LogP contribution is 2.24. The average molecular weight is 325 g/mol. The van der Waals surface area contributed by atoms with Gasteiger partial charge in [-0.05, 0) is 24.6 Å². The van der Waals surface area contributed by atoms with E-state index in [2.05, 4.69) is 20.8 Å². The monoisotopic (exact) mass is 324 g/mol. The molecule has 1 fully saturated rings. The largest absolute Gasteiger partial charge is 0.369 e. The van der Waals surface area contributed by atoms with E-state index in [1.165, 1.54) is 0 Å². The zero-order chi connectivity index (χ0) is 13.8. The van der Waals surface area contributed by atoms with Crippen molar-refractivity contribution in [2.24, 2.45) is 0 Å². The normalized spacial score (nSPS) is 16.1. The molecule has 0 spiro atoms. The van der Waals surface area contributed by atoms with Gasteiger partial charge in [-0.1, -0.05) is 15.9 Å². The zero-order valence-corrected chi connectivity index (χ0v) is 12.5. The minimum atomic E-state index is 0.119. The van der Waals surface area contributed by atoms with E-state index in [4.69, 9.17) is 0 Å². The predicted octanol–water partition coefficient (Wildman–Crippen LogP) is 2.32. The van der Waals surface area contributed by atoms with Gasteiger partial charge in [-0.25, -0.2) is 0 Å². The highest BCUT2D eigenvalue weighted by molar-refractivity contribution is 9.10. The van der Waals surface area contributed by atoms with Crippen molar-refractivity contribution in [3.05, 3.63) is 28.2 Å². The molecule has 102 valence electrons. The van der Waals surface area contributed by atoms with Crippen molar-refractivity contribution in [3.8, 4) is 0 Å². The van der Waals surface area contributed by atoms with E-state index in [-0.39, 0.29) is 5.91 Å². The van der Waals surface area contributed by atoms with Crippen LogP contribution in [-0.4, -0.2) is 43.3 Å². The Morgan fingerprint density at radius 2 is 2.05 bits per heavy atom. The van der Waals surface area contributed by atoms with Crippen LogP contribution in [0.1, 0.15) is 23.7 Å². The third-order valence-electron chi connectivity index (χ3n) is 3.40. The van der Waals surface area contributed by atoms with Crippen LogP contribution in [0.5, 0.6) is 0 Å². The Hall–Kier alpha value is -1.36. The molecule has 0 saturated carbocycles. The summed E-state index contributed by atoms with van der Waals surface area (Å²) in [5.41, 5.74) is 1.63. The molecule has 1 amide bonds. The molecular weight excluding hydrogens is 308 g/mol. The van der Waals surface area contributed by atoms with Gasteiger partial charge < -0.3 is 9.80 Å². The minimum absolute atomic E-state index is 0.119. The van der Waals surface area contributed by atoms with Crippen molar-refractivity contribution in [2.45, 2.75) is 13.3 Å². The van der Waals surface area contributed by atoms with E-state index in [9.17, 15) is 9.59 Å². The Bertz CT molecular complexity index is 490. The summed E-state index contributed by atoms with van der Waals surface area (Å²) in [7, 11) is 0. The predicted molar refractivity (Wildman–Crippen MR) is 78.6 cm³/mol. The fourth-order valence-corrected chi connectivity index (χ4v) is 2.76. The van der Waals surface area contributed by atoms with Crippen LogP contribution in [0.15, 0.2) is 22.7 Å². The molecule has 0 unspecified atom stereocenters. The molecule has 0 aliphatic carbocycles. The molecule has 1 aliphatic heterocycles. The highest BCUT2D eigenvalue weighted by Gasteiger charge is 2.18. The van der Waals surface area contributed by atoms with Gasteiger partial charge >= 0.3 is 0 Å². The maximum atomic E-state index is 11.4. The lowest BCUT2D eigenvalue weighted by atomic mass is 10.1. The molecule has 0 radical (unpaired) electrons. The average Bonchev–Trinajstić information content (AvgIpc) is 2.64. The minimum Gasteiger partial charge on any atom is -0.369 e. The number of halogens is 1. The van der Waals surface area contributed by atoms with Crippen LogP contribution in [-0.2, 0) is 4.79 Å². The number of hydrogen-bond donors (Lipinski definition) is 0. The standard InChI is InChI=1S/C14H17BrN2O2/c1-11(19)16-5-2-6-17(8-7-16)14-4-3-13(15)9-12(14)10-18/h3-4,9-10H,2,5-8H2,1H3. The fourth-order valence-electron chi connectivity index (χ4n) is 2.38. The number of rotatable bonds is 2. The number of aldehydes is 1. The van der Waals surface area contributed by atoms with Crippen molar-refractivity contribution >= 4 is 33.8 Å². The topological polar surface area (TPSA) is 40.6 Å². The molecular formula is C14H17BrN2O2. The third kappa shape index (κ3) is 3.35. The second-order valence-corrected chi connectivity index (χ2v) is 5.58. The van der Waals surface area contributed by atoms with Crippen LogP contribution >= 0.6 is 15.9 Å². The first-order valence-corrected chi connectivity index (χ1v) is 7.16. The molecule has 0 atom stereocenters. The summed E-state index contributed by atoms with van der Waals surface area (Å²) >= 11 is 3.37. The first-order chi connectivity index (χ1) is 9.11. The molecule has 2 rings (SSSR count). The van der Waals surface area contributed by atoms with Crippen molar-refractivity contribution in [2.75, 3.05) is 31.1 Å². The lowest BCUT2D eigenvalue weighted by molar-refractivity contribution is -0.128. The Labute approximate surface area is 121 Å². The summed E-state index contributed by atoms with van der Waals surface area (Å²) in [4.78, 5) is 26.6. The van der Waals surface area contributed by atoms with Crippen LogP contribution in [0, 0.1) is 0 Å². The maximum Gasteiger partial charge on any atom is 0.219 e. The fraction of sp³-hybridized carbons (Fsp3) is 0.429. The maximum absolute atomic E-state index is 11.4. The lowest BCUT2D eigenvalue weighted by Gasteiger charge is -2.24. The van der Waals surface area contributed by atoms with Gasteiger partial charge in [-0.3, -0.25) is 9.59 Å². The van der Waals surface area contributed by atoms with E-state index in [0.29, 0.717) is 12.1 Å². The second-order valence-electron chi connectivity index (χ2n) is 4.67. The molecule has 1 aliphatic rings. The lowest BCUT2D eigenvalue weighted by Crippen LogP contribution is -2.33. The summed E-state index contributed by atoms with van der Waals surface area (Å²) in [6, 6.07) is 5.73. The van der Waals surface area contributed by atoms with Crippen molar-refractivity contribution in [1.29, 1.82) is 0 Å². The third-order valence-corrected chi connectivity index (χ3v) is 3.89. The molecule has 1 aromatic rings. The van der Waals surface area contributed by atoms with Crippen LogP contribution in [0.25, 0.3) is 0 Å². The SMILES string of the molecule is CC(=O)N1CCCN(c2ccc(Br)cc2C=O)CC1. The molecule has 1 saturated heterocycles. The molecule has 5 heteroatoms. The van der Waals surface area contributed by atoms with Crippen LogP contribution in [0.2, 0.25) is 0 Å². The number of carbonyl (C=O) groups excluding carboxylic acids is 2. The Morgan fingerprint density at radius 3 is 2.74 bits per heavy atom. The van der Waals surface area contributed by atoms with Gasteiger partial charge in [0.1, 0.15) is 0 Å². The Morgan fingerprint density at radius 1 is 1.26 bits per heavy atom. The van der Waals surface area contributed by atoms with Gasteiger partial charge in [0.25, 0.3) is 0 Å². The zero-order valence-electron chi connectivity index (χ0n) is 10.9. The number of hydrogen-bond acceptors (Lipinski definition) is 3. The molecule has 4 nitrogen and oxygen atoms in total. The molecule has 0 N–H and O–H groups in total. The quantitative estimate of drug-likeness (QED) is 0.784. The van der Waals surface area contributed by atoms with E-state index in [1.54, 1.807) is 6.92 Å². The van der Waals surface area contributed by atoms with Gasteiger partial charge in [0.15, 0.2) is 6.29 Å². The van der Waals surface area contributed by atoms with Crippen LogP contribution in [0.3, 0.4) is 0 Å². The Kier molecular flexibility index (Phi) is 4.58. The highest BCUT2D eigenvalue weighted by atomic mass is 79.9. The smallest absolute Gasteiger partial charge is 0.219 e. The van der Waals surface area contributed by atoms with Gasteiger partial charge in [-0.15, -0.1) is 0 Å². The summed E-state index contributed by atoms with van der Waals surface area (Å²) < 4.78 is 0.901. The Balaban J connectivity index is 2.18. The van der Waals surface area contributed by atoms with E-state index in [1.807, 2.05) is 23.1 Å².